The van der Waals surface area contributed by atoms with E-state index < -0.39 is 0 Å². The number of amides is 1. The van der Waals surface area contributed by atoms with Gasteiger partial charge in [0.1, 0.15) is 6.26 Å². The van der Waals surface area contributed by atoms with Crippen molar-refractivity contribution in [3.8, 4) is 11.1 Å². The van der Waals surface area contributed by atoms with Crippen LogP contribution in [0.1, 0.15) is 29.8 Å². The van der Waals surface area contributed by atoms with E-state index in [1.54, 1.807) is 0 Å². The summed E-state index contributed by atoms with van der Waals surface area (Å²) >= 11 is 0. The van der Waals surface area contributed by atoms with E-state index in [0.717, 1.165) is 24.8 Å². The molecule has 0 unspecified atom stereocenters. The largest absolute Gasteiger partial charge is 0.370 e. The number of hydrogen-bond acceptors (Lipinski definition) is 4. The van der Waals surface area contributed by atoms with Crippen LogP contribution in [0.15, 0.2) is 46.1 Å². The molecule has 0 saturated carbocycles. The smallest absolute Gasteiger partial charge is 0.274 e. The van der Waals surface area contributed by atoms with Crippen molar-refractivity contribution in [2.45, 2.75) is 19.3 Å². The second kappa shape index (κ2) is 8.57. The highest BCUT2D eigenvalue weighted by atomic mass is 16.5. The van der Waals surface area contributed by atoms with Crippen LogP contribution in [-0.2, 0) is 0 Å². The molecule has 23 heavy (non-hydrogen) atoms. The number of nitrogens with two attached hydrogens (primary N) is 2. The fourth-order valence-electron chi connectivity index (χ4n) is 2.13. The van der Waals surface area contributed by atoms with Crippen LogP contribution in [0, 0.1) is 0 Å². The Labute approximate surface area is 134 Å². The van der Waals surface area contributed by atoms with Crippen molar-refractivity contribution in [1.29, 1.82) is 0 Å². The van der Waals surface area contributed by atoms with E-state index in [2.05, 4.69) is 15.5 Å². The van der Waals surface area contributed by atoms with Crippen molar-refractivity contribution in [2.24, 2.45) is 16.5 Å². The highest BCUT2D eigenvalue weighted by Gasteiger charge is 2.16. The van der Waals surface area contributed by atoms with Gasteiger partial charge in [0, 0.05) is 13.1 Å². The van der Waals surface area contributed by atoms with Crippen molar-refractivity contribution in [3.05, 3.63) is 42.3 Å². The lowest BCUT2D eigenvalue weighted by Crippen LogP contribution is -2.25. The molecule has 1 aromatic heterocycles. The Kier molecular flexibility index (Phi) is 6.17. The van der Waals surface area contributed by atoms with Crippen molar-refractivity contribution in [2.75, 3.05) is 13.1 Å². The summed E-state index contributed by atoms with van der Waals surface area (Å²) in [6.45, 7) is 1.18. The molecule has 122 valence electrons. The summed E-state index contributed by atoms with van der Waals surface area (Å²) < 4.78 is 4.95. The van der Waals surface area contributed by atoms with E-state index >= 15 is 0 Å². The minimum Gasteiger partial charge on any atom is -0.370 e. The number of aliphatic imine (C=N–C) groups is 1. The second-order valence-electron chi connectivity index (χ2n) is 5.07. The van der Waals surface area contributed by atoms with Crippen LogP contribution in [-0.4, -0.2) is 30.1 Å². The molecule has 0 aliphatic heterocycles. The van der Waals surface area contributed by atoms with Gasteiger partial charge in [-0.15, -0.1) is 0 Å². The van der Waals surface area contributed by atoms with Crippen molar-refractivity contribution in [1.82, 2.24) is 10.5 Å². The SMILES string of the molecule is NC(N)=NCCCCCNC(=O)c1nocc1-c1ccccc1. The molecule has 0 fully saturated rings. The Hall–Kier alpha value is -2.83. The maximum Gasteiger partial charge on any atom is 0.274 e. The molecule has 0 spiro atoms. The molecule has 2 rings (SSSR count). The third-order valence-corrected chi connectivity index (χ3v) is 3.28. The molecule has 1 heterocycles. The Bertz CT molecular complexity index is 648. The van der Waals surface area contributed by atoms with Gasteiger partial charge in [-0.2, -0.15) is 0 Å². The molecule has 0 saturated heterocycles. The maximum absolute atomic E-state index is 12.2. The first kappa shape index (κ1) is 16.5. The molecule has 0 aliphatic carbocycles. The van der Waals surface area contributed by atoms with Crippen LogP contribution in [0.2, 0.25) is 0 Å². The number of guanidine groups is 1. The second-order valence-corrected chi connectivity index (χ2v) is 5.07. The van der Waals surface area contributed by atoms with E-state index in [9.17, 15) is 4.79 Å². The summed E-state index contributed by atoms with van der Waals surface area (Å²) in [5.74, 6) is -0.125. The van der Waals surface area contributed by atoms with Crippen molar-refractivity contribution < 1.29 is 9.32 Å². The molecule has 5 N–H and O–H groups in total. The minimum absolute atomic E-state index is 0.109. The molecule has 0 aliphatic rings. The molecule has 7 heteroatoms. The number of carbonyl (C=O) groups excluding carboxylic acids is 1. The zero-order chi connectivity index (χ0) is 16.5. The van der Waals surface area contributed by atoms with Gasteiger partial charge in [-0.25, -0.2) is 0 Å². The quantitative estimate of drug-likeness (QED) is 0.387. The van der Waals surface area contributed by atoms with Gasteiger partial charge >= 0.3 is 0 Å². The fraction of sp³-hybridized carbons (Fsp3) is 0.312. The van der Waals surface area contributed by atoms with Crippen LogP contribution in [0.3, 0.4) is 0 Å². The molecule has 7 nitrogen and oxygen atoms in total. The number of aromatic nitrogens is 1. The third-order valence-electron chi connectivity index (χ3n) is 3.28. The zero-order valence-corrected chi connectivity index (χ0v) is 12.9. The van der Waals surface area contributed by atoms with Crippen LogP contribution in [0.25, 0.3) is 11.1 Å². The van der Waals surface area contributed by atoms with E-state index in [-0.39, 0.29) is 11.9 Å². The number of hydrogen-bond donors (Lipinski definition) is 3. The third kappa shape index (κ3) is 5.14. The highest BCUT2D eigenvalue weighted by molar-refractivity contribution is 5.98. The zero-order valence-electron chi connectivity index (χ0n) is 12.9. The van der Waals surface area contributed by atoms with Gasteiger partial charge in [-0.1, -0.05) is 35.5 Å². The molecule has 0 bridgehead atoms. The van der Waals surface area contributed by atoms with Gasteiger partial charge in [0.05, 0.1) is 5.56 Å². The predicted molar refractivity (Wildman–Crippen MR) is 88.8 cm³/mol. The highest BCUT2D eigenvalue weighted by Crippen LogP contribution is 2.22. The lowest BCUT2D eigenvalue weighted by Gasteiger charge is -2.04. The van der Waals surface area contributed by atoms with E-state index in [1.165, 1.54) is 6.26 Å². The standard InChI is InChI=1S/C16H21N5O2/c17-16(18)20-10-6-2-5-9-19-15(22)14-13(11-23-21-14)12-7-3-1-4-8-12/h1,3-4,7-8,11H,2,5-6,9-10H2,(H,19,22)(H4,17,18,20). The maximum atomic E-state index is 12.2. The summed E-state index contributed by atoms with van der Waals surface area (Å²) in [5, 5.41) is 6.66. The average Bonchev–Trinajstić information content (AvgIpc) is 3.04. The normalized spacial score (nSPS) is 10.3. The Balaban J connectivity index is 1.79. The lowest BCUT2D eigenvalue weighted by molar-refractivity contribution is 0.0944. The van der Waals surface area contributed by atoms with Gasteiger partial charge in [-0.3, -0.25) is 9.79 Å². The first-order chi connectivity index (χ1) is 11.2. The molecule has 1 aromatic carbocycles. The fourth-order valence-corrected chi connectivity index (χ4v) is 2.13. The Morgan fingerprint density at radius 3 is 2.70 bits per heavy atom. The van der Waals surface area contributed by atoms with Gasteiger partial charge in [0.2, 0.25) is 0 Å². The summed E-state index contributed by atoms with van der Waals surface area (Å²) in [7, 11) is 0. The van der Waals surface area contributed by atoms with Crippen LogP contribution in [0.4, 0.5) is 0 Å². The number of unbranched alkanes of at least 4 members (excludes halogenated alkanes) is 2. The van der Waals surface area contributed by atoms with E-state index in [4.69, 9.17) is 16.0 Å². The van der Waals surface area contributed by atoms with Crippen molar-refractivity contribution in [3.63, 3.8) is 0 Å². The minimum atomic E-state index is -0.234. The average molecular weight is 315 g/mol. The summed E-state index contributed by atoms with van der Waals surface area (Å²) in [6.07, 6.45) is 4.15. The van der Waals surface area contributed by atoms with Gasteiger partial charge < -0.3 is 21.3 Å². The number of nitrogens with zero attached hydrogens (tertiary/aromatic N) is 2. The topological polar surface area (TPSA) is 120 Å². The molecule has 2 aromatic rings. The molecule has 0 atom stereocenters. The van der Waals surface area contributed by atoms with Crippen LogP contribution >= 0.6 is 0 Å². The molecular formula is C16H21N5O2. The van der Waals surface area contributed by atoms with Crippen LogP contribution < -0.4 is 16.8 Å². The van der Waals surface area contributed by atoms with E-state index in [1.807, 2.05) is 30.3 Å². The lowest BCUT2D eigenvalue weighted by atomic mass is 10.1. The Morgan fingerprint density at radius 2 is 1.96 bits per heavy atom. The number of rotatable bonds is 8. The van der Waals surface area contributed by atoms with Crippen LogP contribution in [0.5, 0.6) is 0 Å². The first-order valence-corrected chi connectivity index (χ1v) is 7.52. The number of benzene rings is 1. The summed E-state index contributed by atoms with van der Waals surface area (Å²) in [5.41, 5.74) is 12.4. The molecular weight excluding hydrogens is 294 g/mol. The Morgan fingerprint density at radius 1 is 1.17 bits per heavy atom. The van der Waals surface area contributed by atoms with Gasteiger partial charge in [-0.05, 0) is 24.8 Å². The monoisotopic (exact) mass is 315 g/mol. The summed E-state index contributed by atoms with van der Waals surface area (Å²) in [4.78, 5) is 16.1. The molecule has 0 radical (unpaired) electrons. The van der Waals surface area contributed by atoms with Gasteiger partial charge in [0.15, 0.2) is 11.7 Å². The number of carbonyl (C=O) groups is 1. The molecule has 1 amide bonds. The first-order valence-electron chi connectivity index (χ1n) is 7.52. The number of nitrogens with one attached hydrogen (secondary N) is 1. The predicted octanol–water partition coefficient (Wildman–Crippen LogP) is 1.52. The van der Waals surface area contributed by atoms with Crippen molar-refractivity contribution >= 4 is 11.9 Å². The summed E-state index contributed by atoms with van der Waals surface area (Å²) in [6, 6.07) is 9.54. The van der Waals surface area contributed by atoms with Gasteiger partial charge in [0.25, 0.3) is 5.91 Å². The van der Waals surface area contributed by atoms with E-state index in [0.29, 0.717) is 24.3 Å².